The molecule has 1 aromatic heterocycles. The highest BCUT2D eigenvalue weighted by atomic mass is 32.2. The zero-order chi connectivity index (χ0) is 18.2. The Hall–Kier alpha value is -1.97. The number of carbonyl (C=O) groups excluding carboxylic acids is 1. The molecule has 6 heteroatoms. The van der Waals surface area contributed by atoms with E-state index in [1.807, 2.05) is 11.4 Å². The Morgan fingerprint density at radius 2 is 2.00 bits per heavy atom. The number of nitrogens with zero attached hydrogens (tertiary/aromatic N) is 1. The van der Waals surface area contributed by atoms with Gasteiger partial charge in [0.15, 0.2) is 0 Å². The summed E-state index contributed by atoms with van der Waals surface area (Å²) in [4.78, 5) is 13.6. The first-order valence-corrected chi connectivity index (χ1v) is 10.3. The van der Waals surface area contributed by atoms with Crippen molar-refractivity contribution in [1.29, 1.82) is 5.26 Å². The van der Waals surface area contributed by atoms with Crippen LogP contribution in [0.2, 0.25) is 0 Å². The maximum absolute atomic E-state index is 12.4. The van der Waals surface area contributed by atoms with Crippen LogP contribution in [0.4, 0.5) is 5.69 Å². The molecule has 0 fully saturated rings. The fourth-order valence-electron chi connectivity index (χ4n) is 2.54. The predicted molar refractivity (Wildman–Crippen MR) is 107 cm³/mol. The Morgan fingerprint density at radius 3 is 2.60 bits per heavy atom. The maximum atomic E-state index is 12.4. The van der Waals surface area contributed by atoms with Crippen molar-refractivity contribution in [2.24, 2.45) is 5.92 Å². The van der Waals surface area contributed by atoms with Crippen LogP contribution in [-0.2, 0) is 4.79 Å². The number of nitrogens with one attached hydrogen (secondary N) is 2. The fourth-order valence-corrected chi connectivity index (χ4v) is 3.75. The molecule has 0 bridgehead atoms. The summed E-state index contributed by atoms with van der Waals surface area (Å²) in [5.41, 5.74) is 3.18. The van der Waals surface area contributed by atoms with Crippen LogP contribution in [0.15, 0.2) is 39.9 Å². The third-order valence-electron chi connectivity index (χ3n) is 3.76. The van der Waals surface area contributed by atoms with Gasteiger partial charge in [-0.05, 0) is 36.3 Å². The van der Waals surface area contributed by atoms with Gasteiger partial charge in [-0.3, -0.25) is 4.79 Å². The molecule has 25 heavy (non-hydrogen) atoms. The summed E-state index contributed by atoms with van der Waals surface area (Å²) in [6.45, 7) is 4.20. The van der Waals surface area contributed by atoms with Gasteiger partial charge >= 0.3 is 0 Å². The Labute approximate surface area is 157 Å². The third kappa shape index (κ3) is 5.52. The molecule has 4 nitrogen and oxygen atoms in total. The molecule has 0 radical (unpaired) electrons. The number of benzene rings is 1. The largest absolute Gasteiger partial charge is 0.372 e. The number of amides is 1. The predicted octanol–water partition coefficient (Wildman–Crippen LogP) is 4.60. The molecule has 1 heterocycles. The van der Waals surface area contributed by atoms with Gasteiger partial charge < -0.3 is 10.6 Å². The van der Waals surface area contributed by atoms with Gasteiger partial charge in [0.1, 0.15) is 12.6 Å². The molecule has 1 aromatic carbocycles. The lowest BCUT2D eigenvalue weighted by atomic mass is 10.0. The molecule has 1 unspecified atom stereocenters. The first-order valence-electron chi connectivity index (χ1n) is 8.17. The molecule has 1 amide bonds. The normalized spacial score (nSPS) is 11.8. The summed E-state index contributed by atoms with van der Waals surface area (Å²) >= 11 is 3.33. The monoisotopic (exact) mass is 373 g/mol. The van der Waals surface area contributed by atoms with Crippen LogP contribution < -0.4 is 10.6 Å². The summed E-state index contributed by atoms with van der Waals surface area (Å²) in [6.07, 6.45) is 2.76. The summed E-state index contributed by atoms with van der Waals surface area (Å²) in [5.74, 6) is 0.235. The van der Waals surface area contributed by atoms with E-state index in [2.05, 4.69) is 60.4 Å². The average molecular weight is 374 g/mol. The number of thiophene rings is 1. The van der Waals surface area contributed by atoms with Gasteiger partial charge in [-0.25, -0.2) is 0 Å². The van der Waals surface area contributed by atoms with Crippen molar-refractivity contribution < 1.29 is 4.79 Å². The Balaban J connectivity index is 2.20. The van der Waals surface area contributed by atoms with Gasteiger partial charge in [0, 0.05) is 21.2 Å². The van der Waals surface area contributed by atoms with E-state index in [1.165, 1.54) is 4.90 Å². The van der Waals surface area contributed by atoms with E-state index in [4.69, 9.17) is 5.26 Å². The second-order valence-electron chi connectivity index (χ2n) is 6.13. The zero-order valence-electron chi connectivity index (χ0n) is 14.7. The first kappa shape index (κ1) is 19.4. The summed E-state index contributed by atoms with van der Waals surface area (Å²) < 4.78 is 0. The molecule has 0 spiro atoms. The van der Waals surface area contributed by atoms with Crippen LogP contribution in [-0.4, -0.2) is 24.7 Å². The lowest BCUT2D eigenvalue weighted by Crippen LogP contribution is -2.40. The second kappa shape index (κ2) is 9.50. The van der Waals surface area contributed by atoms with E-state index in [9.17, 15) is 4.79 Å². The van der Waals surface area contributed by atoms with Crippen molar-refractivity contribution in [3.63, 3.8) is 0 Å². The molecule has 2 N–H and O–H groups in total. The minimum atomic E-state index is -0.354. The third-order valence-corrected chi connectivity index (χ3v) is 5.25. The van der Waals surface area contributed by atoms with Gasteiger partial charge in [0.05, 0.1) is 11.8 Å². The molecule has 0 aliphatic heterocycles. The van der Waals surface area contributed by atoms with Crippen LogP contribution in [0.5, 0.6) is 0 Å². The second-order valence-corrected chi connectivity index (χ2v) is 7.75. The Kier molecular flexibility index (Phi) is 7.35. The number of hydrogen-bond acceptors (Lipinski definition) is 5. The van der Waals surface area contributed by atoms with Crippen molar-refractivity contribution in [3.8, 4) is 17.2 Å². The first-order chi connectivity index (χ1) is 12.0. The van der Waals surface area contributed by atoms with Crippen LogP contribution >= 0.6 is 23.1 Å². The molecule has 0 aliphatic rings. The number of anilines is 1. The van der Waals surface area contributed by atoms with Crippen LogP contribution in [0, 0.1) is 17.2 Å². The van der Waals surface area contributed by atoms with Crippen molar-refractivity contribution in [2.75, 3.05) is 18.1 Å². The highest BCUT2D eigenvalue weighted by Gasteiger charge is 2.21. The van der Waals surface area contributed by atoms with Gasteiger partial charge in [-0.2, -0.15) is 5.26 Å². The molecule has 132 valence electrons. The molecule has 0 saturated carbocycles. The number of carbonyl (C=O) groups is 1. The molecule has 2 rings (SSSR count). The Bertz CT molecular complexity index is 732. The minimum absolute atomic E-state index is 0.0295. The Morgan fingerprint density at radius 1 is 1.28 bits per heavy atom. The maximum Gasteiger partial charge on any atom is 0.243 e. The topological polar surface area (TPSA) is 64.9 Å². The molecule has 1 atom stereocenters. The molecular weight excluding hydrogens is 350 g/mol. The SMILES string of the molecule is CSc1ccc(-c2cscc2NC(CC(C)C)C(=O)NCC#N)cc1. The van der Waals surface area contributed by atoms with Gasteiger partial charge in [-0.1, -0.05) is 26.0 Å². The van der Waals surface area contributed by atoms with Crippen molar-refractivity contribution >= 4 is 34.7 Å². The minimum Gasteiger partial charge on any atom is -0.372 e. The van der Waals surface area contributed by atoms with Crippen LogP contribution in [0.25, 0.3) is 11.1 Å². The molecular formula is C19H23N3OS2. The lowest BCUT2D eigenvalue weighted by Gasteiger charge is -2.21. The molecule has 2 aromatic rings. The van der Waals surface area contributed by atoms with Gasteiger partial charge in [-0.15, -0.1) is 23.1 Å². The van der Waals surface area contributed by atoms with E-state index in [0.29, 0.717) is 12.3 Å². The fraction of sp³-hybridized carbons (Fsp3) is 0.368. The summed E-state index contributed by atoms with van der Waals surface area (Å²) in [7, 11) is 0. The quantitative estimate of drug-likeness (QED) is 0.524. The number of hydrogen-bond donors (Lipinski definition) is 2. The lowest BCUT2D eigenvalue weighted by molar-refractivity contribution is -0.121. The zero-order valence-corrected chi connectivity index (χ0v) is 16.3. The highest BCUT2D eigenvalue weighted by molar-refractivity contribution is 7.98. The molecule has 0 saturated heterocycles. The van der Waals surface area contributed by atoms with E-state index in [1.54, 1.807) is 23.1 Å². The number of thioether (sulfide) groups is 1. The van der Waals surface area contributed by atoms with Crippen LogP contribution in [0.1, 0.15) is 20.3 Å². The van der Waals surface area contributed by atoms with Gasteiger partial charge in [0.25, 0.3) is 0 Å². The van der Waals surface area contributed by atoms with E-state index >= 15 is 0 Å². The highest BCUT2D eigenvalue weighted by Crippen LogP contribution is 2.33. The van der Waals surface area contributed by atoms with Crippen LogP contribution in [0.3, 0.4) is 0 Å². The number of nitriles is 1. The van der Waals surface area contributed by atoms with E-state index in [-0.39, 0.29) is 18.5 Å². The van der Waals surface area contributed by atoms with Crippen molar-refractivity contribution in [2.45, 2.75) is 31.2 Å². The number of rotatable bonds is 8. The van der Waals surface area contributed by atoms with Gasteiger partial charge in [0.2, 0.25) is 5.91 Å². The van der Waals surface area contributed by atoms with E-state index < -0.39 is 0 Å². The molecule has 0 aliphatic carbocycles. The summed E-state index contributed by atoms with van der Waals surface area (Å²) in [6, 6.07) is 10.0. The van der Waals surface area contributed by atoms with Crippen molar-refractivity contribution in [3.05, 3.63) is 35.0 Å². The van der Waals surface area contributed by atoms with E-state index in [0.717, 1.165) is 16.8 Å². The average Bonchev–Trinajstić information content (AvgIpc) is 3.07. The standard InChI is InChI=1S/C19H23N3OS2/c1-13(2)10-17(19(23)21-9-8-20)22-18-12-25-11-16(18)14-4-6-15(24-3)7-5-14/h4-7,11-13,17,22H,9-10H2,1-3H3,(H,21,23). The smallest absolute Gasteiger partial charge is 0.243 e. The van der Waals surface area contributed by atoms with Crippen molar-refractivity contribution in [1.82, 2.24) is 5.32 Å². The summed E-state index contributed by atoms with van der Waals surface area (Å²) in [5, 5.41) is 18.9.